The van der Waals surface area contributed by atoms with Crippen molar-refractivity contribution in [3.05, 3.63) is 67.3 Å². The molecule has 0 bridgehead atoms. The zero-order chi connectivity index (χ0) is 19.7. The van der Waals surface area contributed by atoms with E-state index in [1.54, 1.807) is 24.5 Å². The summed E-state index contributed by atoms with van der Waals surface area (Å²) in [5.41, 5.74) is 2.47. The number of nitrogens with zero attached hydrogens (tertiary/aromatic N) is 1. The molecular weight excluding hydrogens is 411 g/mol. The molecule has 1 atom stereocenters. The van der Waals surface area contributed by atoms with Gasteiger partial charge in [-0.1, -0.05) is 19.1 Å². The summed E-state index contributed by atoms with van der Waals surface area (Å²) in [6, 6.07) is 6.18. The number of aromatic nitrogens is 1. The van der Waals surface area contributed by atoms with Crippen LogP contribution in [0.15, 0.2) is 33.5 Å². The monoisotopic (exact) mass is 434 g/mol. The van der Waals surface area contributed by atoms with Gasteiger partial charge in [0.05, 0.1) is 16.1 Å². The lowest BCUT2D eigenvalue weighted by atomic mass is 10.0. The van der Waals surface area contributed by atoms with Gasteiger partial charge in [-0.2, -0.15) is 0 Å². The quantitative estimate of drug-likeness (QED) is 0.718. The van der Waals surface area contributed by atoms with E-state index >= 15 is 0 Å². The molecule has 0 aliphatic heterocycles. The molecule has 1 aromatic carbocycles. The predicted octanol–water partition coefficient (Wildman–Crippen LogP) is 4.66. The second-order valence-electron chi connectivity index (χ2n) is 7.20. The van der Waals surface area contributed by atoms with Crippen LogP contribution in [0.3, 0.4) is 0 Å². The SMILES string of the molecule is CCCn1c(C)c(C(=O)N[C@@H](c2cccc(F)c2)C2CC2)c(C)c(Br)c1=O. The molecule has 1 saturated carbocycles. The first-order chi connectivity index (χ1) is 12.8. The van der Waals surface area contributed by atoms with Crippen molar-refractivity contribution in [2.45, 2.75) is 52.6 Å². The van der Waals surface area contributed by atoms with Crippen molar-refractivity contribution >= 4 is 21.8 Å². The molecule has 1 heterocycles. The van der Waals surface area contributed by atoms with E-state index in [-0.39, 0.29) is 23.3 Å². The van der Waals surface area contributed by atoms with Crippen molar-refractivity contribution in [3.63, 3.8) is 0 Å². The van der Waals surface area contributed by atoms with Crippen LogP contribution in [0.5, 0.6) is 0 Å². The van der Waals surface area contributed by atoms with Gasteiger partial charge in [0.1, 0.15) is 5.82 Å². The van der Waals surface area contributed by atoms with Gasteiger partial charge in [0.25, 0.3) is 11.5 Å². The van der Waals surface area contributed by atoms with Crippen molar-refractivity contribution in [1.29, 1.82) is 0 Å². The topological polar surface area (TPSA) is 51.1 Å². The number of hydrogen-bond acceptors (Lipinski definition) is 2. The summed E-state index contributed by atoms with van der Waals surface area (Å²) < 4.78 is 15.7. The largest absolute Gasteiger partial charge is 0.345 e. The molecule has 1 aliphatic rings. The Morgan fingerprint density at radius 3 is 2.67 bits per heavy atom. The molecule has 144 valence electrons. The lowest BCUT2D eigenvalue weighted by Gasteiger charge is -2.22. The highest BCUT2D eigenvalue weighted by Gasteiger charge is 2.34. The van der Waals surface area contributed by atoms with E-state index in [4.69, 9.17) is 0 Å². The van der Waals surface area contributed by atoms with Gasteiger partial charge in [-0.15, -0.1) is 0 Å². The lowest BCUT2D eigenvalue weighted by Crippen LogP contribution is -2.34. The zero-order valence-corrected chi connectivity index (χ0v) is 17.4. The van der Waals surface area contributed by atoms with E-state index < -0.39 is 0 Å². The van der Waals surface area contributed by atoms with E-state index in [1.807, 2.05) is 13.0 Å². The van der Waals surface area contributed by atoms with Crippen molar-refractivity contribution in [2.24, 2.45) is 5.92 Å². The van der Waals surface area contributed by atoms with Crippen molar-refractivity contribution in [1.82, 2.24) is 9.88 Å². The van der Waals surface area contributed by atoms with Gasteiger partial charge in [0, 0.05) is 12.2 Å². The Balaban J connectivity index is 1.99. The van der Waals surface area contributed by atoms with Gasteiger partial charge >= 0.3 is 0 Å². The van der Waals surface area contributed by atoms with Gasteiger partial charge in [-0.3, -0.25) is 9.59 Å². The fraction of sp³-hybridized carbons (Fsp3) is 0.429. The predicted molar refractivity (Wildman–Crippen MR) is 107 cm³/mol. The maximum Gasteiger partial charge on any atom is 0.265 e. The van der Waals surface area contributed by atoms with Crippen molar-refractivity contribution in [3.8, 4) is 0 Å². The van der Waals surface area contributed by atoms with E-state index in [2.05, 4.69) is 21.2 Å². The highest BCUT2D eigenvalue weighted by molar-refractivity contribution is 9.10. The van der Waals surface area contributed by atoms with E-state index in [0.717, 1.165) is 24.8 Å². The first-order valence-corrected chi connectivity index (χ1v) is 10.1. The molecule has 1 aliphatic carbocycles. The molecule has 4 nitrogen and oxygen atoms in total. The van der Waals surface area contributed by atoms with Gasteiger partial charge in [0.15, 0.2) is 0 Å². The number of carbonyl (C=O) groups excluding carboxylic acids is 1. The van der Waals surface area contributed by atoms with Crippen LogP contribution in [-0.4, -0.2) is 10.5 Å². The highest BCUT2D eigenvalue weighted by Crippen LogP contribution is 2.41. The molecule has 1 N–H and O–H groups in total. The van der Waals surface area contributed by atoms with Crippen LogP contribution in [0.4, 0.5) is 4.39 Å². The molecular formula is C21H24BrFN2O2. The van der Waals surface area contributed by atoms with Crippen LogP contribution >= 0.6 is 15.9 Å². The number of pyridine rings is 1. The van der Waals surface area contributed by atoms with Crippen LogP contribution in [0, 0.1) is 25.6 Å². The first kappa shape index (κ1) is 19.8. The Labute approximate surface area is 166 Å². The summed E-state index contributed by atoms with van der Waals surface area (Å²) in [4.78, 5) is 25.7. The number of carbonyl (C=O) groups is 1. The van der Waals surface area contributed by atoms with Gasteiger partial charge < -0.3 is 9.88 Å². The minimum Gasteiger partial charge on any atom is -0.345 e. The van der Waals surface area contributed by atoms with E-state index in [1.165, 1.54) is 12.1 Å². The summed E-state index contributed by atoms with van der Waals surface area (Å²) in [5.74, 6) is -0.211. The molecule has 1 aromatic heterocycles. The third kappa shape index (κ3) is 4.00. The molecule has 1 amide bonds. The maximum atomic E-state index is 13.7. The molecule has 6 heteroatoms. The van der Waals surface area contributed by atoms with Crippen LogP contribution in [0.25, 0.3) is 0 Å². The third-order valence-electron chi connectivity index (χ3n) is 5.17. The van der Waals surface area contributed by atoms with Crippen LogP contribution < -0.4 is 10.9 Å². The Kier molecular flexibility index (Phi) is 5.84. The molecule has 0 spiro atoms. The molecule has 0 saturated heterocycles. The number of halogens is 2. The fourth-order valence-electron chi connectivity index (χ4n) is 3.59. The Morgan fingerprint density at radius 2 is 2.07 bits per heavy atom. The van der Waals surface area contributed by atoms with Gasteiger partial charge in [-0.05, 0) is 78.2 Å². The zero-order valence-electron chi connectivity index (χ0n) is 15.8. The number of hydrogen-bond donors (Lipinski definition) is 1. The summed E-state index contributed by atoms with van der Waals surface area (Å²) in [7, 11) is 0. The number of benzene rings is 1. The minimum absolute atomic E-state index is 0.118. The molecule has 1 fully saturated rings. The average Bonchev–Trinajstić information content (AvgIpc) is 3.46. The van der Waals surface area contributed by atoms with Crippen LogP contribution in [0.2, 0.25) is 0 Å². The van der Waals surface area contributed by atoms with Gasteiger partial charge in [-0.25, -0.2) is 4.39 Å². The molecule has 0 radical (unpaired) electrons. The van der Waals surface area contributed by atoms with Crippen molar-refractivity contribution in [2.75, 3.05) is 0 Å². The summed E-state index contributed by atoms with van der Waals surface area (Å²) in [5, 5.41) is 3.09. The minimum atomic E-state index is -0.306. The first-order valence-electron chi connectivity index (χ1n) is 9.31. The van der Waals surface area contributed by atoms with E-state index in [9.17, 15) is 14.0 Å². The number of rotatable bonds is 6. The molecule has 2 aromatic rings. The third-order valence-corrected chi connectivity index (χ3v) is 6.10. The Bertz CT molecular complexity index is 935. The summed E-state index contributed by atoms with van der Waals surface area (Å²) in [6.07, 6.45) is 2.82. The van der Waals surface area contributed by atoms with Crippen LogP contribution in [-0.2, 0) is 6.54 Å². The Morgan fingerprint density at radius 1 is 1.37 bits per heavy atom. The summed E-state index contributed by atoms with van der Waals surface area (Å²) >= 11 is 3.35. The fourth-order valence-corrected chi connectivity index (χ4v) is 4.00. The van der Waals surface area contributed by atoms with E-state index in [0.29, 0.717) is 33.8 Å². The normalized spacial score (nSPS) is 14.9. The van der Waals surface area contributed by atoms with Crippen molar-refractivity contribution < 1.29 is 9.18 Å². The second-order valence-corrected chi connectivity index (χ2v) is 7.99. The van der Waals surface area contributed by atoms with Gasteiger partial charge in [0.2, 0.25) is 0 Å². The maximum absolute atomic E-state index is 13.7. The smallest absolute Gasteiger partial charge is 0.265 e. The summed E-state index contributed by atoms with van der Waals surface area (Å²) in [6.45, 7) is 6.13. The second kappa shape index (κ2) is 7.97. The standard InChI is InChI=1S/C21H24BrFN2O2/c1-4-10-25-13(3)17(12(2)18(22)21(25)27)20(26)24-19(14-8-9-14)15-6-5-7-16(23)11-15/h5-7,11,14,19H,4,8-10H2,1-3H3,(H,24,26)/t19-/m1/s1. The molecule has 0 unspecified atom stereocenters. The average molecular weight is 435 g/mol. The molecule has 3 rings (SSSR count). The molecule has 27 heavy (non-hydrogen) atoms. The highest BCUT2D eigenvalue weighted by atomic mass is 79.9. The number of nitrogens with one attached hydrogen (secondary N) is 1. The lowest BCUT2D eigenvalue weighted by molar-refractivity contribution is 0.0929. The number of amides is 1. The Hall–Kier alpha value is -1.95. The van der Waals surface area contributed by atoms with Crippen LogP contribution in [0.1, 0.15) is 59.4 Å².